The Labute approximate surface area is 76.9 Å². The first-order chi connectivity index (χ1) is 6.02. The fourth-order valence-electron chi connectivity index (χ4n) is 0.587. The maximum Gasteiger partial charge on any atom is 0.330 e. The monoisotopic (exact) mass is 208 g/mol. The predicted molar refractivity (Wildman–Crippen MR) is 47.5 cm³/mol. The molecule has 0 heterocycles. The van der Waals surface area contributed by atoms with Crippen LogP contribution in [0.25, 0.3) is 0 Å². The zero-order valence-electron chi connectivity index (χ0n) is 7.43. The summed E-state index contributed by atoms with van der Waals surface area (Å²) in [6.45, 7) is 3.30. The van der Waals surface area contributed by atoms with E-state index in [0.717, 1.165) is 13.2 Å². The van der Waals surface area contributed by atoms with Crippen LogP contribution in [0.2, 0.25) is 0 Å². The van der Waals surface area contributed by atoms with Crippen LogP contribution >= 0.6 is 7.60 Å². The van der Waals surface area contributed by atoms with Crippen molar-refractivity contribution in [1.29, 1.82) is 0 Å². The van der Waals surface area contributed by atoms with Crippen molar-refractivity contribution in [3.63, 3.8) is 0 Å². The number of carbonyl (C=O) groups is 1. The second kappa shape index (κ2) is 5.91. The van der Waals surface area contributed by atoms with Crippen LogP contribution in [0.1, 0.15) is 6.42 Å². The predicted octanol–water partition coefficient (Wildman–Crippen LogP) is 0.937. The average Bonchev–Trinajstić information content (AvgIpc) is 2.12. The van der Waals surface area contributed by atoms with Gasteiger partial charge in [-0.15, -0.1) is 0 Å². The van der Waals surface area contributed by atoms with E-state index in [1.807, 2.05) is 0 Å². The lowest BCUT2D eigenvalue weighted by Gasteiger charge is -2.07. The zero-order chi connectivity index (χ0) is 10.3. The topological polar surface area (TPSA) is 72.8 Å². The molecule has 0 saturated carbocycles. The second-order valence-electron chi connectivity index (χ2n) is 2.27. The lowest BCUT2D eigenvalue weighted by Crippen LogP contribution is -2.04. The van der Waals surface area contributed by atoms with Crippen molar-refractivity contribution in [2.45, 2.75) is 6.42 Å². The molecule has 0 aromatic rings. The van der Waals surface area contributed by atoms with E-state index in [-0.39, 0.29) is 12.8 Å². The molecule has 5 nitrogen and oxygen atoms in total. The number of hydrogen-bond acceptors (Lipinski definition) is 4. The van der Waals surface area contributed by atoms with Crippen LogP contribution in [-0.4, -0.2) is 30.7 Å². The van der Waals surface area contributed by atoms with Crippen LogP contribution in [0.15, 0.2) is 12.7 Å². The van der Waals surface area contributed by atoms with Crippen LogP contribution in [-0.2, 0) is 18.6 Å². The molecule has 0 aromatic heterocycles. The van der Waals surface area contributed by atoms with Crippen molar-refractivity contribution < 1.29 is 23.5 Å². The molecule has 0 aliphatic heterocycles. The molecule has 1 unspecified atom stereocenters. The molecule has 0 spiro atoms. The summed E-state index contributed by atoms with van der Waals surface area (Å²) in [5, 5.41) is 0. The molecule has 0 aliphatic rings. The molecule has 0 bridgehead atoms. The fraction of sp³-hybridized carbons (Fsp3) is 0.571. The van der Waals surface area contributed by atoms with Gasteiger partial charge in [0.05, 0.1) is 12.8 Å². The summed E-state index contributed by atoms with van der Waals surface area (Å²) < 4.78 is 19.8. The molecule has 0 saturated heterocycles. The molecule has 6 heteroatoms. The minimum atomic E-state index is -3.46. The number of hydrogen-bond donors (Lipinski definition) is 1. The van der Waals surface area contributed by atoms with E-state index in [2.05, 4.69) is 15.8 Å². The van der Waals surface area contributed by atoms with Gasteiger partial charge in [-0.25, -0.2) is 4.79 Å². The highest BCUT2D eigenvalue weighted by molar-refractivity contribution is 7.52. The second-order valence-corrected chi connectivity index (χ2v) is 4.36. The van der Waals surface area contributed by atoms with Crippen molar-refractivity contribution in [3.8, 4) is 0 Å². The number of ether oxygens (including phenoxy) is 1. The molecule has 0 radical (unpaired) electrons. The van der Waals surface area contributed by atoms with Gasteiger partial charge in [-0.05, 0) is 6.42 Å². The Morgan fingerprint density at radius 2 is 2.31 bits per heavy atom. The van der Waals surface area contributed by atoms with Gasteiger partial charge in [-0.3, -0.25) is 4.57 Å². The Hall–Kier alpha value is -0.640. The smallest absolute Gasteiger partial charge is 0.330 e. The van der Waals surface area contributed by atoms with Crippen LogP contribution in [0.3, 0.4) is 0 Å². The molecule has 0 fully saturated rings. The summed E-state index contributed by atoms with van der Waals surface area (Å²) in [6, 6.07) is 0. The van der Waals surface area contributed by atoms with Crippen molar-refractivity contribution >= 4 is 13.6 Å². The van der Waals surface area contributed by atoms with Gasteiger partial charge in [0.1, 0.15) is 0 Å². The highest BCUT2D eigenvalue weighted by atomic mass is 31.2. The van der Waals surface area contributed by atoms with Gasteiger partial charge in [0.15, 0.2) is 0 Å². The Balaban J connectivity index is 3.52. The van der Waals surface area contributed by atoms with Gasteiger partial charge in [0.2, 0.25) is 0 Å². The van der Waals surface area contributed by atoms with Crippen LogP contribution in [0, 0.1) is 0 Å². The molecule has 0 aliphatic carbocycles. The van der Waals surface area contributed by atoms with E-state index in [4.69, 9.17) is 4.89 Å². The highest BCUT2D eigenvalue weighted by Crippen LogP contribution is 2.40. The van der Waals surface area contributed by atoms with Crippen molar-refractivity contribution in [1.82, 2.24) is 0 Å². The maximum absolute atomic E-state index is 10.9. The number of esters is 1. The molecule has 0 rings (SSSR count). The molecular weight excluding hydrogens is 195 g/mol. The summed E-state index contributed by atoms with van der Waals surface area (Å²) in [5.41, 5.74) is 0. The van der Waals surface area contributed by atoms with Gasteiger partial charge in [0, 0.05) is 13.2 Å². The molecule has 1 atom stereocenters. The Morgan fingerprint density at radius 3 is 2.77 bits per heavy atom. The third kappa shape index (κ3) is 6.51. The standard InChI is InChI=1S/C7H13O5P/c1-3-7(8)12-5-4-6-13(9,10)11-2/h3H,1,4-6H2,2H3,(H,9,10). The molecular formula is C7H13O5P. The van der Waals surface area contributed by atoms with Crippen molar-refractivity contribution in [2.24, 2.45) is 0 Å². The zero-order valence-corrected chi connectivity index (χ0v) is 8.33. The molecule has 1 N–H and O–H groups in total. The van der Waals surface area contributed by atoms with E-state index in [1.165, 1.54) is 0 Å². The third-order valence-corrected chi connectivity index (χ3v) is 2.73. The SMILES string of the molecule is C=CC(=O)OCCCP(=O)(O)OC. The normalized spacial score (nSPS) is 14.6. The summed E-state index contributed by atoms with van der Waals surface area (Å²) in [7, 11) is -2.30. The van der Waals surface area contributed by atoms with Gasteiger partial charge in [-0.1, -0.05) is 6.58 Å². The summed E-state index contributed by atoms with van der Waals surface area (Å²) >= 11 is 0. The van der Waals surface area contributed by atoms with Crippen molar-refractivity contribution in [3.05, 3.63) is 12.7 Å². The van der Waals surface area contributed by atoms with Crippen LogP contribution < -0.4 is 0 Å². The Bertz CT molecular complexity index is 225. The lowest BCUT2D eigenvalue weighted by molar-refractivity contribution is -0.137. The first-order valence-corrected chi connectivity index (χ1v) is 5.45. The van der Waals surface area contributed by atoms with E-state index in [0.29, 0.717) is 6.42 Å². The lowest BCUT2D eigenvalue weighted by atomic mass is 10.5. The van der Waals surface area contributed by atoms with Crippen LogP contribution in [0.4, 0.5) is 0 Å². The molecule has 0 aromatic carbocycles. The van der Waals surface area contributed by atoms with E-state index >= 15 is 0 Å². The number of rotatable bonds is 6. The minimum Gasteiger partial charge on any atom is -0.463 e. The number of carbonyl (C=O) groups excluding carboxylic acids is 1. The van der Waals surface area contributed by atoms with E-state index < -0.39 is 13.6 Å². The average molecular weight is 208 g/mol. The maximum atomic E-state index is 10.9. The van der Waals surface area contributed by atoms with E-state index in [9.17, 15) is 9.36 Å². The highest BCUT2D eigenvalue weighted by Gasteiger charge is 2.15. The minimum absolute atomic E-state index is 0.0199. The fourth-order valence-corrected chi connectivity index (χ4v) is 1.30. The van der Waals surface area contributed by atoms with Gasteiger partial charge in [-0.2, -0.15) is 0 Å². The van der Waals surface area contributed by atoms with E-state index in [1.54, 1.807) is 0 Å². The van der Waals surface area contributed by atoms with Gasteiger partial charge < -0.3 is 14.2 Å². The van der Waals surface area contributed by atoms with Crippen molar-refractivity contribution in [2.75, 3.05) is 19.9 Å². The quantitative estimate of drug-likeness (QED) is 0.304. The summed E-state index contributed by atoms with van der Waals surface area (Å²) in [5.74, 6) is -0.537. The van der Waals surface area contributed by atoms with Gasteiger partial charge in [0.25, 0.3) is 0 Å². The summed E-state index contributed by atoms with van der Waals surface area (Å²) in [4.78, 5) is 19.4. The largest absolute Gasteiger partial charge is 0.463 e. The Kier molecular flexibility index (Phi) is 5.62. The molecule has 0 amide bonds. The molecule has 13 heavy (non-hydrogen) atoms. The Morgan fingerprint density at radius 1 is 1.69 bits per heavy atom. The first kappa shape index (κ1) is 12.4. The molecule has 76 valence electrons. The first-order valence-electron chi connectivity index (χ1n) is 3.68. The summed E-state index contributed by atoms with van der Waals surface area (Å²) in [6.07, 6.45) is 1.31. The van der Waals surface area contributed by atoms with Gasteiger partial charge >= 0.3 is 13.6 Å². The van der Waals surface area contributed by atoms with Crippen LogP contribution in [0.5, 0.6) is 0 Å². The third-order valence-electron chi connectivity index (χ3n) is 1.28.